The maximum absolute atomic E-state index is 13.8. The number of nitriles is 1. The van der Waals surface area contributed by atoms with Crippen molar-refractivity contribution < 1.29 is 8.78 Å². The number of halogens is 4. The van der Waals surface area contributed by atoms with Gasteiger partial charge in [0.05, 0.1) is 44.6 Å². The molecule has 0 aliphatic rings. The molecule has 5 rings (SSSR count). The minimum Gasteiger partial charge on any atom is -0.373 e. The van der Waals surface area contributed by atoms with E-state index in [4.69, 9.17) is 23.2 Å². The zero-order valence-corrected chi connectivity index (χ0v) is 23.2. The molecular weight excluding hydrogens is 555 g/mol. The highest BCUT2D eigenvalue weighted by Gasteiger charge is 2.23. The summed E-state index contributed by atoms with van der Waals surface area (Å²) in [4.78, 5) is 4.39. The predicted molar refractivity (Wildman–Crippen MR) is 153 cm³/mol. The van der Waals surface area contributed by atoms with Crippen LogP contribution in [0.2, 0.25) is 10.0 Å². The Morgan fingerprint density at radius 3 is 2.35 bits per heavy atom. The second-order valence-corrected chi connectivity index (χ2v) is 11.0. The molecule has 0 amide bonds. The molecule has 0 saturated carbocycles. The van der Waals surface area contributed by atoms with Gasteiger partial charge in [-0.2, -0.15) is 5.26 Å². The first kappa shape index (κ1) is 27.3. The van der Waals surface area contributed by atoms with E-state index in [2.05, 4.69) is 32.0 Å². The maximum Gasteiger partial charge on any atom is 0.141 e. The van der Waals surface area contributed by atoms with Crippen LogP contribution in [0.15, 0.2) is 67.0 Å². The van der Waals surface area contributed by atoms with Crippen molar-refractivity contribution in [1.29, 1.82) is 5.26 Å². The molecule has 5 aromatic rings. The van der Waals surface area contributed by atoms with Crippen LogP contribution in [0, 0.1) is 23.0 Å². The van der Waals surface area contributed by atoms with Gasteiger partial charge in [0.1, 0.15) is 23.4 Å². The molecule has 2 heterocycles. The molecule has 0 fully saturated rings. The maximum atomic E-state index is 13.8. The number of hydrogen-bond donors (Lipinski definition) is 2. The fraction of sp³-hybridized carbons (Fsp3) is 0.172. The van der Waals surface area contributed by atoms with Crippen LogP contribution in [-0.2, 0) is 5.54 Å². The van der Waals surface area contributed by atoms with Gasteiger partial charge in [0.15, 0.2) is 0 Å². The molecule has 40 heavy (non-hydrogen) atoms. The summed E-state index contributed by atoms with van der Waals surface area (Å²) in [5.74, 6) is -0.918. The Balaban J connectivity index is 1.62. The van der Waals surface area contributed by atoms with Crippen LogP contribution < -0.4 is 10.6 Å². The van der Waals surface area contributed by atoms with Crippen LogP contribution in [0.5, 0.6) is 0 Å². The van der Waals surface area contributed by atoms with Gasteiger partial charge < -0.3 is 10.6 Å². The summed E-state index contributed by atoms with van der Waals surface area (Å²) in [5, 5.41) is 25.9. The minimum atomic E-state index is -0.558. The topological polar surface area (TPSA) is 91.5 Å². The second kappa shape index (κ2) is 10.7. The zero-order chi connectivity index (χ0) is 28.6. The Morgan fingerprint density at radius 1 is 0.975 bits per heavy atom. The first-order valence-corrected chi connectivity index (χ1v) is 13.0. The van der Waals surface area contributed by atoms with E-state index < -0.39 is 11.9 Å². The van der Waals surface area contributed by atoms with Gasteiger partial charge in [-0.1, -0.05) is 40.5 Å². The van der Waals surface area contributed by atoms with Gasteiger partial charge in [-0.3, -0.25) is 4.98 Å². The summed E-state index contributed by atoms with van der Waals surface area (Å²) in [6, 6.07) is 15.4. The Kier molecular flexibility index (Phi) is 7.32. The van der Waals surface area contributed by atoms with Crippen LogP contribution in [0.1, 0.15) is 43.6 Å². The predicted octanol–water partition coefficient (Wildman–Crippen LogP) is 7.98. The van der Waals surface area contributed by atoms with Gasteiger partial charge in [0.2, 0.25) is 0 Å². The van der Waals surface area contributed by atoms with Gasteiger partial charge in [0.25, 0.3) is 0 Å². The van der Waals surface area contributed by atoms with Crippen molar-refractivity contribution in [3.63, 3.8) is 0 Å². The third kappa shape index (κ3) is 5.55. The van der Waals surface area contributed by atoms with E-state index in [1.165, 1.54) is 36.5 Å². The molecule has 11 heteroatoms. The van der Waals surface area contributed by atoms with Crippen LogP contribution in [0.25, 0.3) is 10.9 Å². The molecule has 0 aliphatic carbocycles. The number of pyridine rings is 1. The smallest absolute Gasteiger partial charge is 0.141 e. The van der Waals surface area contributed by atoms with E-state index in [-0.39, 0.29) is 21.9 Å². The molecule has 0 aliphatic heterocycles. The molecular formula is C29H23Cl2F2N7. The van der Waals surface area contributed by atoms with E-state index >= 15 is 0 Å². The summed E-state index contributed by atoms with van der Waals surface area (Å²) in [6.07, 6.45) is 3.26. The summed E-state index contributed by atoms with van der Waals surface area (Å²) in [5.41, 5.74) is 3.28. The summed E-state index contributed by atoms with van der Waals surface area (Å²) in [7, 11) is 0. The molecule has 2 N–H and O–H groups in total. The van der Waals surface area contributed by atoms with E-state index in [0.29, 0.717) is 38.7 Å². The first-order valence-electron chi connectivity index (χ1n) is 12.2. The molecule has 7 nitrogen and oxygen atoms in total. The lowest BCUT2D eigenvalue weighted by Gasteiger charge is -2.21. The average Bonchev–Trinajstić information content (AvgIpc) is 3.41. The Morgan fingerprint density at radius 2 is 1.70 bits per heavy atom. The van der Waals surface area contributed by atoms with Crippen LogP contribution in [0.3, 0.4) is 0 Å². The van der Waals surface area contributed by atoms with E-state index in [0.717, 1.165) is 5.56 Å². The van der Waals surface area contributed by atoms with Crippen molar-refractivity contribution in [2.24, 2.45) is 0 Å². The Bertz CT molecular complexity index is 1760. The summed E-state index contributed by atoms with van der Waals surface area (Å²) in [6.45, 7) is 6.03. The summed E-state index contributed by atoms with van der Waals surface area (Å²) < 4.78 is 29.3. The number of anilines is 3. The van der Waals surface area contributed by atoms with Crippen LogP contribution in [0.4, 0.5) is 25.8 Å². The largest absolute Gasteiger partial charge is 0.373 e. The Hall–Kier alpha value is -4.26. The molecule has 0 bridgehead atoms. The lowest BCUT2D eigenvalue weighted by atomic mass is 10.0. The third-order valence-corrected chi connectivity index (χ3v) is 6.82. The number of benzene rings is 3. The number of rotatable bonds is 6. The minimum absolute atomic E-state index is 0.0623. The highest BCUT2D eigenvalue weighted by molar-refractivity contribution is 6.36. The van der Waals surface area contributed by atoms with Crippen LogP contribution >= 0.6 is 23.2 Å². The monoisotopic (exact) mass is 577 g/mol. The quantitative estimate of drug-likeness (QED) is 0.212. The van der Waals surface area contributed by atoms with Crippen LogP contribution in [-0.4, -0.2) is 20.0 Å². The molecule has 0 saturated heterocycles. The van der Waals surface area contributed by atoms with Gasteiger partial charge >= 0.3 is 0 Å². The zero-order valence-electron chi connectivity index (χ0n) is 21.7. The number of aromatic nitrogens is 4. The van der Waals surface area contributed by atoms with Gasteiger partial charge in [-0.15, -0.1) is 5.10 Å². The van der Waals surface area contributed by atoms with Crippen molar-refractivity contribution >= 4 is 51.2 Å². The first-order chi connectivity index (χ1) is 19.0. The number of fused-ring (bicyclic) bond motifs is 1. The van der Waals surface area contributed by atoms with Gasteiger partial charge in [-0.05, 0) is 68.8 Å². The third-order valence-electron chi connectivity index (χ3n) is 6.24. The molecule has 202 valence electrons. The fourth-order valence-electron chi connectivity index (χ4n) is 4.17. The average molecular weight is 578 g/mol. The lowest BCUT2D eigenvalue weighted by Crippen LogP contribution is -2.22. The molecule has 2 aromatic heterocycles. The van der Waals surface area contributed by atoms with Crippen molar-refractivity contribution in [2.75, 3.05) is 10.6 Å². The highest BCUT2D eigenvalue weighted by atomic mass is 35.5. The molecule has 0 spiro atoms. The van der Waals surface area contributed by atoms with Gasteiger partial charge in [-0.25, -0.2) is 13.5 Å². The number of nitrogens with zero attached hydrogens (tertiary/aromatic N) is 5. The van der Waals surface area contributed by atoms with Crippen molar-refractivity contribution in [3.05, 3.63) is 105 Å². The number of nitrogens with one attached hydrogen (secondary N) is 2. The highest BCUT2D eigenvalue weighted by Crippen LogP contribution is 2.37. The van der Waals surface area contributed by atoms with Crippen molar-refractivity contribution in [1.82, 2.24) is 20.0 Å². The standard InChI is InChI=1S/C29H23Cl2F2N7/c1-29(2,3)40-15-25(38-39-40)27(16-4-6-18(32)7-5-16)37-20-10-21-26(36-19-8-9-24(33)22(30)11-19)17(13-34)14-35-28(21)23(31)12-20/h4-12,14-15,27,37H,1-3H3,(H,35,36)/t27-/m0/s1. The SMILES string of the molecule is CC(C)(C)n1cc([C@@H](Nc2cc(Cl)c3ncc(C#N)c(Nc4ccc(F)c(Cl)c4)c3c2)c2ccc(F)cc2)nn1. The summed E-state index contributed by atoms with van der Waals surface area (Å²) >= 11 is 12.6. The molecule has 0 unspecified atom stereocenters. The van der Waals surface area contributed by atoms with Crippen molar-refractivity contribution in [2.45, 2.75) is 32.4 Å². The molecule has 3 aromatic carbocycles. The molecule has 0 radical (unpaired) electrons. The Labute approximate surface area is 239 Å². The fourth-order valence-corrected chi connectivity index (χ4v) is 4.62. The van der Waals surface area contributed by atoms with Crippen molar-refractivity contribution in [3.8, 4) is 6.07 Å². The molecule has 1 atom stereocenters. The van der Waals surface area contributed by atoms with Gasteiger partial charge in [0, 0.05) is 23.0 Å². The van der Waals surface area contributed by atoms with E-state index in [1.807, 2.05) is 27.0 Å². The van der Waals surface area contributed by atoms with E-state index in [1.54, 1.807) is 28.9 Å². The normalized spacial score (nSPS) is 12.2. The second-order valence-electron chi connectivity index (χ2n) is 10.2. The number of hydrogen-bond acceptors (Lipinski definition) is 6. The lowest BCUT2D eigenvalue weighted by molar-refractivity contribution is 0.347. The van der Waals surface area contributed by atoms with E-state index in [9.17, 15) is 14.0 Å².